The molecule has 36 heavy (non-hydrogen) atoms. The van der Waals surface area contributed by atoms with Crippen LogP contribution >= 0.6 is 11.3 Å². The minimum absolute atomic E-state index is 0.0405. The van der Waals surface area contributed by atoms with Gasteiger partial charge in [-0.1, -0.05) is 43.7 Å². The van der Waals surface area contributed by atoms with Gasteiger partial charge in [-0.3, -0.25) is 9.36 Å². The van der Waals surface area contributed by atoms with Crippen LogP contribution in [0.4, 0.5) is 0 Å². The first-order valence-electron chi connectivity index (χ1n) is 13.0. The number of aryl methyl sites for hydroxylation is 2. The Balaban J connectivity index is 1.25. The van der Waals surface area contributed by atoms with Gasteiger partial charge in [0.25, 0.3) is 5.56 Å². The van der Waals surface area contributed by atoms with Crippen molar-refractivity contribution in [1.82, 2.24) is 14.5 Å². The summed E-state index contributed by atoms with van der Waals surface area (Å²) in [5.74, 6) is 0.874. The van der Waals surface area contributed by atoms with Crippen molar-refractivity contribution in [2.45, 2.75) is 47.0 Å². The van der Waals surface area contributed by atoms with Gasteiger partial charge in [0.1, 0.15) is 16.8 Å². The summed E-state index contributed by atoms with van der Waals surface area (Å²) in [6.45, 7) is 12.9. The van der Waals surface area contributed by atoms with Crippen LogP contribution in [0.3, 0.4) is 0 Å². The summed E-state index contributed by atoms with van der Waals surface area (Å²) in [6, 6.07) is 16.3. The number of hydrogen-bond acceptors (Lipinski definition) is 5. The van der Waals surface area contributed by atoms with Crippen molar-refractivity contribution >= 4 is 21.6 Å². The molecule has 1 aliphatic heterocycles. The minimum Gasteiger partial charge on any atom is -0.493 e. The second kappa shape index (κ2) is 10.2. The zero-order chi connectivity index (χ0) is 25.3. The van der Waals surface area contributed by atoms with Crippen LogP contribution in [0.15, 0.2) is 59.7 Å². The van der Waals surface area contributed by atoms with E-state index in [-0.39, 0.29) is 5.56 Å². The van der Waals surface area contributed by atoms with E-state index in [1.807, 2.05) is 31.2 Å². The van der Waals surface area contributed by atoms with Crippen molar-refractivity contribution in [3.05, 3.63) is 76.3 Å². The molecule has 5 nitrogen and oxygen atoms in total. The van der Waals surface area contributed by atoms with Crippen LogP contribution in [0.5, 0.6) is 5.75 Å². The number of rotatable bonds is 9. The molecule has 0 atom stereocenters. The summed E-state index contributed by atoms with van der Waals surface area (Å²) in [6.07, 6.45) is 5.19. The highest BCUT2D eigenvalue weighted by atomic mass is 32.1. The SMILES string of the molecule is CCC1(CC)CN(CCCOc2ccc(-n3cnc4cc(-c5ccc(C)cc5)sc4c3=O)cc2C)C1. The maximum atomic E-state index is 13.3. The van der Waals surface area contributed by atoms with Crippen LogP contribution in [-0.2, 0) is 0 Å². The summed E-state index contributed by atoms with van der Waals surface area (Å²) in [4.78, 5) is 21.5. The van der Waals surface area contributed by atoms with E-state index in [9.17, 15) is 4.79 Å². The van der Waals surface area contributed by atoms with E-state index >= 15 is 0 Å². The maximum absolute atomic E-state index is 13.3. The fourth-order valence-electron chi connectivity index (χ4n) is 5.13. The first-order chi connectivity index (χ1) is 17.4. The van der Waals surface area contributed by atoms with Crippen LogP contribution < -0.4 is 10.3 Å². The average molecular weight is 502 g/mol. The van der Waals surface area contributed by atoms with Gasteiger partial charge in [0, 0.05) is 24.5 Å². The molecule has 1 aliphatic rings. The van der Waals surface area contributed by atoms with E-state index < -0.39 is 0 Å². The normalized spacial score (nSPS) is 15.2. The Morgan fingerprint density at radius 3 is 2.47 bits per heavy atom. The molecule has 0 bridgehead atoms. The molecule has 188 valence electrons. The van der Waals surface area contributed by atoms with Gasteiger partial charge in [0.15, 0.2) is 0 Å². The van der Waals surface area contributed by atoms with E-state index in [1.54, 1.807) is 10.9 Å². The third kappa shape index (κ3) is 4.84. The fraction of sp³-hybridized carbons (Fsp3) is 0.400. The molecule has 0 unspecified atom stereocenters. The van der Waals surface area contributed by atoms with Gasteiger partial charge < -0.3 is 9.64 Å². The fourth-order valence-corrected chi connectivity index (χ4v) is 6.18. The van der Waals surface area contributed by atoms with E-state index in [2.05, 4.69) is 54.9 Å². The first kappa shape index (κ1) is 24.7. The van der Waals surface area contributed by atoms with Crippen LogP contribution in [0.2, 0.25) is 0 Å². The van der Waals surface area contributed by atoms with Crippen LogP contribution in [-0.4, -0.2) is 40.7 Å². The maximum Gasteiger partial charge on any atom is 0.275 e. The average Bonchev–Trinajstić information content (AvgIpc) is 3.30. The molecular formula is C30H35N3O2S. The summed E-state index contributed by atoms with van der Waals surface area (Å²) in [7, 11) is 0. The van der Waals surface area contributed by atoms with Gasteiger partial charge in [-0.05, 0) is 73.9 Å². The smallest absolute Gasteiger partial charge is 0.275 e. The lowest BCUT2D eigenvalue weighted by atomic mass is 9.75. The van der Waals surface area contributed by atoms with Gasteiger partial charge in [-0.25, -0.2) is 4.98 Å². The molecule has 6 heteroatoms. The third-order valence-electron chi connectivity index (χ3n) is 7.70. The highest BCUT2D eigenvalue weighted by Crippen LogP contribution is 2.37. The van der Waals surface area contributed by atoms with Crippen LogP contribution in [0.1, 0.15) is 44.2 Å². The lowest BCUT2D eigenvalue weighted by Crippen LogP contribution is -2.55. The molecule has 0 amide bonds. The van der Waals surface area contributed by atoms with E-state index in [4.69, 9.17) is 4.74 Å². The van der Waals surface area contributed by atoms with Gasteiger partial charge in [-0.15, -0.1) is 11.3 Å². The van der Waals surface area contributed by atoms with Crippen molar-refractivity contribution in [1.29, 1.82) is 0 Å². The lowest BCUT2D eigenvalue weighted by molar-refractivity contribution is -0.00829. The molecule has 1 fully saturated rings. The predicted octanol–water partition coefficient (Wildman–Crippen LogP) is 6.62. The molecule has 2 aromatic heterocycles. The molecule has 1 saturated heterocycles. The molecule has 0 saturated carbocycles. The highest BCUT2D eigenvalue weighted by Gasteiger charge is 2.38. The number of hydrogen-bond donors (Lipinski definition) is 0. The van der Waals surface area contributed by atoms with Crippen molar-refractivity contribution in [2.75, 3.05) is 26.2 Å². The van der Waals surface area contributed by atoms with E-state index in [1.165, 1.54) is 42.8 Å². The summed E-state index contributed by atoms with van der Waals surface area (Å²) in [5, 5.41) is 0. The highest BCUT2D eigenvalue weighted by molar-refractivity contribution is 7.22. The Labute approximate surface area is 217 Å². The molecule has 0 N–H and O–H groups in total. The second-order valence-corrected chi connectivity index (χ2v) is 11.2. The summed E-state index contributed by atoms with van der Waals surface area (Å²) >= 11 is 1.50. The molecule has 0 spiro atoms. The van der Waals surface area contributed by atoms with Gasteiger partial charge >= 0.3 is 0 Å². The zero-order valence-electron chi connectivity index (χ0n) is 21.7. The van der Waals surface area contributed by atoms with Crippen molar-refractivity contribution < 1.29 is 4.74 Å². The van der Waals surface area contributed by atoms with Crippen LogP contribution in [0, 0.1) is 19.3 Å². The van der Waals surface area contributed by atoms with Crippen molar-refractivity contribution in [3.63, 3.8) is 0 Å². The molecule has 3 heterocycles. The number of nitrogens with zero attached hydrogens (tertiary/aromatic N) is 3. The quantitative estimate of drug-likeness (QED) is 0.242. The van der Waals surface area contributed by atoms with Crippen molar-refractivity contribution in [2.24, 2.45) is 5.41 Å². The topological polar surface area (TPSA) is 47.4 Å². The first-order valence-corrected chi connectivity index (χ1v) is 13.8. The molecule has 4 aromatic rings. The minimum atomic E-state index is -0.0405. The largest absolute Gasteiger partial charge is 0.493 e. The summed E-state index contributed by atoms with van der Waals surface area (Å²) < 4.78 is 8.39. The Kier molecular flexibility index (Phi) is 7.00. The number of ether oxygens (including phenoxy) is 1. The molecule has 2 aromatic carbocycles. The third-order valence-corrected chi connectivity index (χ3v) is 8.87. The van der Waals surface area contributed by atoms with Crippen molar-refractivity contribution in [3.8, 4) is 21.9 Å². The Morgan fingerprint density at radius 2 is 1.78 bits per heavy atom. The molecule has 0 aliphatic carbocycles. The Morgan fingerprint density at radius 1 is 1.03 bits per heavy atom. The standard InChI is InChI=1S/C30H35N3O2S/c1-5-30(6-2)18-32(19-30)14-7-15-35-26-13-12-24(16-22(26)4)33-20-31-25-17-27(36-28(25)29(33)34)23-10-8-21(3)9-11-23/h8-13,16-17,20H,5-7,14-15,18-19H2,1-4H3. The molecule has 5 rings (SSSR count). The number of benzene rings is 2. The number of thiophene rings is 1. The van der Waals surface area contributed by atoms with E-state index in [0.717, 1.165) is 45.9 Å². The number of likely N-dealkylation sites (tertiary alicyclic amines) is 1. The molecular weight excluding hydrogens is 466 g/mol. The Bertz CT molecular complexity index is 1410. The Hall–Kier alpha value is -2.96. The number of fused-ring (bicyclic) bond motifs is 1. The lowest BCUT2D eigenvalue weighted by Gasteiger charge is -2.50. The van der Waals surface area contributed by atoms with Gasteiger partial charge in [0.2, 0.25) is 0 Å². The van der Waals surface area contributed by atoms with E-state index in [0.29, 0.717) is 16.7 Å². The molecule has 0 radical (unpaired) electrons. The summed E-state index contributed by atoms with van der Waals surface area (Å²) in [5.41, 5.74) is 5.40. The monoisotopic (exact) mass is 501 g/mol. The number of aromatic nitrogens is 2. The van der Waals surface area contributed by atoms with Gasteiger partial charge in [-0.2, -0.15) is 0 Å². The predicted molar refractivity (Wildman–Crippen MR) is 150 cm³/mol. The van der Waals surface area contributed by atoms with Gasteiger partial charge in [0.05, 0.1) is 17.8 Å². The zero-order valence-corrected chi connectivity index (χ0v) is 22.5. The second-order valence-electron chi connectivity index (χ2n) is 10.2. The van der Waals surface area contributed by atoms with Crippen LogP contribution in [0.25, 0.3) is 26.3 Å².